The van der Waals surface area contributed by atoms with Gasteiger partial charge in [0.15, 0.2) is 5.78 Å². The Bertz CT molecular complexity index is 245. The molecule has 1 fully saturated rings. The van der Waals surface area contributed by atoms with Crippen molar-refractivity contribution in [1.82, 2.24) is 0 Å². The van der Waals surface area contributed by atoms with Crippen molar-refractivity contribution in [3.63, 3.8) is 0 Å². The summed E-state index contributed by atoms with van der Waals surface area (Å²) in [4.78, 5) is 23.1. The second-order valence-corrected chi connectivity index (χ2v) is 4.09. The van der Waals surface area contributed by atoms with Crippen LogP contribution in [0.4, 0.5) is 0 Å². The molecule has 0 aliphatic heterocycles. The van der Waals surface area contributed by atoms with Crippen molar-refractivity contribution in [1.29, 1.82) is 0 Å². The Balaban J connectivity index is 2.85. The first-order chi connectivity index (χ1) is 5.96. The maximum absolute atomic E-state index is 11.7. The third-order valence-electron chi connectivity index (χ3n) is 2.82. The smallest absolute Gasteiger partial charge is 0.319 e. The van der Waals surface area contributed by atoms with E-state index in [4.69, 9.17) is 0 Å². The van der Waals surface area contributed by atoms with Gasteiger partial charge in [-0.1, -0.05) is 20.8 Å². The Morgan fingerprint density at radius 2 is 1.92 bits per heavy atom. The Morgan fingerprint density at radius 3 is 2.15 bits per heavy atom. The third-order valence-corrected chi connectivity index (χ3v) is 2.82. The number of hydrogen-bond acceptors (Lipinski definition) is 3. The normalized spacial score (nSPS) is 31.6. The molecule has 0 aromatic rings. The van der Waals surface area contributed by atoms with E-state index in [-0.39, 0.29) is 23.6 Å². The number of methoxy groups -OCH3 is 1. The van der Waals surface area contributed by atoms with Crippen molar-refractivity contribution in [2.45, 2.75) is 27.2 Å². The molecule has 3 heteroatoms. The number of ketones is 1. The van der Waals surface area contributed by atoms with Gasteiger partial charge in [-0.05, 0) is 12.3 Å². The van der Waals surface area contributed by atoms with E-state index in [1.165, 1.54) is 7.11 Å². The molecular weight excluding hydrogens is 168 g/mol. The van der Waals surface area contributed by atoms with Gasteiger partial charge in [-0.2, -0.15) is 0 Å². The molecule has 0 aromatic heterocycles. The third kappa shape index (κ3) is 1.36. The lowest BCUT2D eigenvalue weighted by atomic mass is 9.90. The second kappa shape index (κ2) is 3.13. The van der Waals surface area contributed by atoms with Crippen LogP contribution in [0.2, 0.25) is 0 Å². The molecule has 74 valence electrons. The molecule has 0 spiro atoms. The van der Waals surface area contributed by atoms with Crippen LogP contribution in [0.25, 0.3) is 0 Å². The van der Waals surface area contributed by atoms with Gasteiger partial charge in [0.1, 0.15) is 5.41 Å². The highest BCUT2D eigenvalue weighted by Gasteiger charge is 2.64. The van der Waals surface area contributed by atoms with E-state index in [1.807, 2.05) is 20.8 Å². The summed E-state index contributed by atoms with van der Waals surface area (Å²) in [7, 11) is 1.34. The number of carbonyl (C=O) groups is 2. The molecule has 0 N–H and O–H groups in total. The lowest BCUT2D eigenvalue weighted by Crippen LogP contribution is -2.32. The lowest BCUT2D eigenvalue weighted by Gasteiger charge is -2.14. The summed E-state index contributed by atoms with van der Waals surface area (Å²) in [5, 5.41) is 0. The van der Waals surface area contributed by atoms with Crippen LogP contribution in [-0.2, 0) is 14.3 Å². The molecule has 2 unspecified atom stereocenters. The summed E-state index contributed by atoms with van der Waals surface area (Å²) >= 11 is 0. The van der Waals surface area contributed by atoms with Crippen LogP contribution in [0.5, 0.6) is 0 Å². The zero-order valence-corrected chi connectivity index (χ0v) is 8.59. The van der Waals surface area contributed by atoms with Gasteiger partial charge in [-0.3, -0.25) is 9.59 Å². The number of rotatable bonds is 3. The monoisotopic (exact) mass is 184 g/mol. The molecule has 0 aromatic carbocycles. The van der Waals surface area contributed by atoms with Crippen molar-refractivity contribution in [3.05, 3.63) is 0 Å². The average molecular weight is 184 g/mol. The fourth-order valence-corrected chi connectivity index (χ4v) is 1.85. The molecule has 0 bridgehead atoms. The fraction of sp³-hybridized carbons (Fsp3) is 0.800. The molecule has 2 atom stereocenters. The summed E-state index contributed by atoms with van der Waals surface area (Å²) in [5.74, 6) is -0.288. The highest BCUT2D eigenvalue weighted by atomic mass is 16.5. The maximum Gasteiger partial charge on any atom is 0.319 e. The van der Waals surface area contributed by atoms with Crippen molar-refractivity contribution in [2.24, 2.45) is 17.3 Å². The Hall–Kier alpha value is -0.860. The number of Topliss-reactive ketones (excluding diaryl/α,β-unsaturated/α-hetero) is 1. The molecule has 1 rings (SSSR count). The summed E-state index contributed by atoms with van der Waals surface area (Å²) in [6, 6.07) is 0. The van der Waals surface area contributed by atoms with Gasteiger partial charge >= 0.3 is 5.97 Å². The van der Waals surface area contributed by atoms with Gasteiger partial charge in [0.05, 0.1) is 7.11 Å². The van der Waals surface area contributed by atoms with E-state index in [9.17, 15) is 9.59 Å². The fourth-order valence-electron chi connectivity index (χ4n) is 1.85. The second-order valence-electron chi connectivity index (χ2n) is 4.09. The molecule has 1 saturated carbocycles. The summed E-state index contributed by atoms with van der Waals surface area (Å²) in [5.41, 5.74) is -0.803. The predicted molar refractivity (Wildman–Crippen MR) is 48.1 cm³/mol. The molecule has 3 nitrogen and oxygen atoms in total. The van der Waals surface area contributed by atoms with E-state index in [1.54, 1.807) is 0 Å². The van der Waals surface area contributed by atoms with Gasteiger partial charge in [-0.25, -0.2) is 0 Å². The Morgan fingerprint density at radius 1 is 1.46 bits per heavy atom. The van der Waals surface area contributed by atoms with Crippen LogP contribution < -0.4 is 0 Å². The molecular formula is C10H16O3. The highest BCUT2D eigenvalue weighted by molar-refractivity contribution is 6.07. The molecule has 0 amide bonds. The van der Waals surface area contributed by atoms with Gasteiger partial charge < -0.3 is 4.74 Å². The van der Waals surface area contributed by atoms with Gasteiger partial charge in [0.25, 0.3) is 0 Å². The minimum Gasteiger partial charge on any atom is -0.468 e. The minimum atomic E-state index is -0.803. The summed E-state index contributed by atoms with van der Waals surface area (Å²) in [6.45, 7) is 5.55. The first kappa shape index (κ1) is 10.2. The van der Waals surface area contributed by atoms with E-state index < -0.39 is 5.41 Å². The van der Waals surface area contributed by atoms with Crippen molar-refractivity contribution in [3.8, 4) is 0 Å². The van der Waals surface area contributed by atoms with E-state index in [0.29, 0.717) is 6.42 Å². The van der Waals surface area contributed by atoms with Crippen molar-refractivity contribution in [2.75, 3.05) is 7.11 Å². The maximum atomic E-state index is 11.7. The molecule has 0 saturated heterocycles. The first-order valence-electron chi connectivity index (χ1n) is 4.59. The van der Waals surface area contributed by atoms with Crippen LogP contribution in [0.1, 0.15) is 27.2 Å². The number of hydrogen-bond donors (Lipinski definition) is 0. The van der Waals surface area contributed by atoms with Crippen molar-refractivity contribution >= 4 is 11.8 Å². The number of ether oxygens (including phenoxy) is 1. The summed E-state index contributed by atoms with van der Waals surface area (Å²) < 4.78 is 4.66. The van der Waals surface area contributed by atoms with Crippen LogP contribution in [0.15, 0.2) is 0 Å². The first-order valence-corrected chi connectivity index (χ1v) is 4.59. The quantitative estimate of drug-likeness (QED) is 0.492. The lowest BCUT2D eigenvalue weighted by molar-refractivity contribution is -0.153. The Labute approximate surface area is 78.5 Å². The molecule has 13 heavy (non-hydrogen) atoms. The van der Waals surface area contributed by atoms with Gasteiger partial charge in [0.2, 0.25) is 0 Å². The standard InChI is InChI=1S/C10H16O3/c1-6(2)8(11)10(5-7(10)3)9(12)13-4/h6-7H,5H2,1-4H3. The zero-order valence-electron chi connectivity index (χ0n) is 8.59. The van der Waals surface area contributed by atoms with E-state index in [2.05, 4.69) is 4.74 Å². The highest BCUT2D eigenvalue weighted by Crippen LogP contribution is 2.54. The Kier molecular flexibility index (Phi) is 2.46. The van der Waals surface area contributed by atoms with E-state index in [0.717, 1.165) is 0 Å². The molecule has 0 heterocycles. The molecule has 1 aliphatic rings. The SMILES string of the molecule is COC(=O)C1(C(=O)C(C)C)CC1C. The van der Waals surface area contributed by atoms with Crippen molar-refractivity contribution < 1.29 is 14.3 Å². The van der Waals surface area contributed by atoms with Gasteiger partial charge in [0, 0.05) is 5.92 Å². The van der Waals surface area contributed by atoms with Crippen LogP contribution in [-0.4, -0.2) is 18.9 Å². The van der Waals surface area contributed by atoms with Crippen LogP contribution in [0, 0.1) is 17.3 Å². The molecule has 1 aliphatic carbocycles. The average Bonchev–Trinajstić information content (AvgIpc) is 2.76. The van der Waals surface area contributed by atoms with Gasteiger partial charge in [-0.15, -0.1) is 0 Å². The summed E-state index contributed by atoms with van der Waals surface area (Å²) in [6.07, 6.45) is 0.649. The minimum absolute atomic E-state index is 0.0202. The zero-order chi connectivity index (χ0) is 10.2. The van der Waals surface area contributed by atoms with Crippen LogP contribution in [0.3, 0.4) is 0 Å². The van der Waals surface area contributed by atoms with Crippen LogP contribution >= 0.6 is 0 Å². The number of carbonyl (C=O) groups excluding carboxylic acids is 2. The van der Waals surface area contributed by atoms with E-state index >= 15 is 0 Å². The number of esters is 1. The topological polar surface area (TPSA) is 43.4 Å². The largest absolute Gasteiger partial charge is 0.468 e. The molecule has 0 radical (unpaired) electrons. The predicted octanol–water partition coefficient (Wildman–Crippen LogP) is 1.41.